The van der Waals surface area contributed by atoms with E-state index < -0.39 is 11.4 Å². The third kappa shape index (κ3) is 2.27. The molecule has 1 aromatic rings. The molecule has 98 valence electrons. The molecule has 18 heavy (non-hydrogen) atoms. The summed E-state index contributed by atoms with van der Waals surface area (Å²) >= 11 is 1.40. The molecule has 0 saturated carbocycles. The molecular formula is C13H17NO3S. The van der Waals surface area contributed by atoms with Crippen LogP contribution in [0.2, 0.25) is 0 Å². The SMILES string of the molecule is CCCC1(C(=O)O)CCN(C(=O)c2cccs2)C1. The molecule has 4 nitrogen and oxygen atoms in total. The lowest BCUT2D eigenvalue weighted by Crippen LogP contribution is -2.36. The van der Waals surface area contributed by atoms with Gasteiger partial charge in [-0.1, -0.05) is 19.4 Å². The molecule has 1 N–H and O–H groups in total. The summed E-state index contributed by atoms with van der Waals surface area (Å²) < 4.78 is 0. The van der Waals surface area contributed by atoms with Crippen LogP contribution >= 0.6 is 11.3 Å². The Labute approximate surface area is 110 Å². The number of hydrogen-bond acceptors (Lipinski definition) is 3. The summed E-state index contributed by atoms with van der Waals surface area (Å²) in [6.45, 7) is 2.87. The standard InChI is InChI=1S/C13H17NO3S/c1-2-5-13(12(16)17)6-7-14(9-13)11(15)10-4-3-8-18-10/h3-4,8H,2,5-7,9H2,1H3,(H,16,17). The molecule has 1 saturated heterocycles. The van der Waals surface area contributed by atoms with Gasteiger partial charge in [0.05, 0.1) is 10.3 Å². The van der Waals surface area contributed by atoms with Gasteiger partial charge in [-0.2, -0.15) is 0 Å². The van der Waals surface area contributed by atoms with Gasteiger partial charge in [0, 0.05) is 13.1 Å². The average molecular weight is 267 g/mol. The number of thiophene rings is 1. The second-order valence-electron chi connectivity index (χ2n) is 4.79. The van der Waals surface area contributed by atoms with E-state index in [0.717, 1.165) is 6.42 Å². The lowest BCUT2D eigenvalue weighted by molar-refractivity contribution is -0.148. The van der Waals surface area contributed by atoms with Crippen LogP contribution in [0.25, 0.3) is 0 Å². The van der Waals surface area contributed by atoms with E-state index in [1.807, 2.05) is 18.4 Å². The van der Waals surface area contributed by atoms with Gasteiger partial charge in [0.25, 0.3) is 5.91 Å². The Morgan fingerprint density at radius 1 is 1.56 bits per heavy atom. The molecule has 1 aliphatic heterocycles. The minimum absolute atomic E-state index is 0.0378. The van der Waals surface area contributed by atoms with Crippen molar-refractivity contribution in [2.75, 3.05) is 13.1 Å². The van der Waals surface area contributed by atoms with Gasteiger partial charge < -0.3 is 10.0 Å². The van der Waals surface area contributed by atoms with Crippen LogP contribution in [0.5, 0.6) is 0 Å². The number of nitrogens with zero attached hydrogens (tertiary/aromatic N) is 1. The maximum absolute atomic E-state index is 12.2. The number of carboxylic acid groups (broad SMARTS) is 1. The predicted molar refractivity (Wildman–Crippen MR) is 69.8 cm³/mol. The van der Waals surface area contributed by atoms with E-state index in [4.69, 9.17) is 0 Å². The second-order valence-corrected chi connectivity index (χ2v) is 5.74. The Balaban J connectivity index is 2.11. The molecule has 5 heteroatoms. The lowest BCUT2D eigenvalue weighted by Gasteiger charge is -2.23. The van der Waals surface area contributed by atoms with Crippen molar-refractivity contribution in [1.82, 2.24) is 4.90 Å². The highest BCUT2D eigenvalue weighted by Crippen LogP contribution is 2.36. The fourth-order valence-corrected chi connectivity index (χ4v) is 3.26. The quantitative estimate of drug-likeness (QED) is 0.911. The summed E-state index contributed by atoms with van der Waals surface area (Å²) in [7, 11) is 0. The van der Waals surface area contributed by atoms with E-state index in [-0.39, 0.29) is 5.91 Å². The van der Waals surface area contributed by atoms with Crippen molar-refractivity contribution in [2.24, 2.45) is 5.41 Å². The van der Waals surface area contributed by atoms with Crippen molar-refractivity contribution in [3.8, 4) is 0 Å². The van der Waals surface area contributed by atoms with Gasteiger partial charge in [-0.15, -0.1) is 11.3 Å². The summed E-state index contributed by atoms with van der Waals surface area (Å²) in [6, 6.07) is 3.62. The van der Waals surface area contributed by atoms with E-state index >= 15 is 0 Å². The maximum atomic E-state index is 12.2. The molecule has 0 aliphatic carbocycles. The number of carboxylic acids is 1. The molecule has 0 spiro atoms. The molecule has 2 rings (SSSR count). The van der Waals surface area contributed by atoms with Crippen molar-refractivity contribution in [2.45, 2.75) is 26.2 Å². The summed E-state index contributed by atoms with van der Waals surface area (Å²) in [6.07, 6.45) is 2.02. The normalized spacial score (nSPS) is 23.3. The molecule has 1 atom stereocenters. The fraction of sp³-hybridized carbons (Fsp3) is 0.538. The van der Waals surface area contributed by atoms with Gasteiger partial charge in [0.1, 0.15) is 0 Å². The molecule has 1 aromatic heterocycles. The highest BCUT2D eigenvalue weighted by atomic mass is 32.1. The van der Waals surface area contributed by atoms with Crippen LogP contribution in [0.4, 0.5) is 0 Å². The lowest BCUT2D eigenvalue weighted by atomic mass is 9.83. The topological polar surface area (TPSA) is 57.6 Å². The van der Waals surface area contributed by atoms with Crippen LogP contribution in [0.1, 0.15) is 35.9 Å². The van der Waals surface area contributed by atoms with Crippen LogP contribution in [0.15, 0.2) is 17.5 Å². The van der Waals surface area contributed by atoms with Crippen LogP contribution in [0, 0.1) is 5.41 Å². The molecular weight excluding hydrogens is 250 g/mol. The molecule has 0 radical (unpaired) electrons. The molecule has 2 heterocycles. The summed E-state index contributed by atoms with van der Waals surface area (Å²) in [5.41, 5.74) is -0.734. The molecule has 1 fully saturated rings. The van der Waals surface area contributed by atoms with E-state index in [1.165, 1.54) is 11.3 Å². The van der Waals surface area contributed by atoms with E-state index in [1.54, 1.807) is 11.0 Å². The van der Waals surface area contributed by atoms with Crippen LogP contribution < -0.4 is 0 Å². The monoisotopic (exact) mass is 267 g/mol. The number of amides is 1. The zero-order valence-electron chi connectivity index (χ0n) is 10.4. The zero-order valence-corrected chi connectivity index (χ0v) is 11.2. The van der Waals surface area contributed by atoms with Crippen LogP contribution in [-0.4, -0.2) is 35.0 Å². The largest absolute Gasteiger partial charge is 0.481 e. The fourth-order valence-electron chi connectivity index (χ4n) is 2.57. The van der Waals surface area contributed by atoms with Crippen molar-refractivity contribution in [3.05, 3.63) is 22.4 Å². The van der Waals surface area contributed by atoms with E-state index in [2.05, 4.69) is 0 Å². The van der Waals surface area contributed by atoms with Gasteiger partial charge in [-0.05, 0) is 24.3 Å². The zero-order chi connectivity index (χ0) is 13.2. The number of hydrogen-bond donors (Lipinski definition) is 1. The van der Waals surface area contributed by atoms with Crippen molar-refractivity contribution in [3.63, 3.8) is 0 Å². The maximum Gasteiger partial charge on any atom is 0.311 e. The van der Waals surface area contributed by atoms with E-state index in [0.29, 0.717) is 30.8 Å². The Morgan fingerprint density at radius 2 is 2.33 bits per heavy atom. The summed E-state index contributed by atoms with van der Waals surface area (Å²) in [5.74, 6) is -0.810. The average Bonchev–Trinajstić information content (AvgIpc) is 2.98. The molecule has 1 unspecified atom stereocenters. The van der Waals surface area contributed by atoms with Gasteiger partial charge in [-0.25, -0.2) is 0 Å². The van der Waals surface area contributed by atoms with Crippen LogP contribution in [0.3, 0.4) is 0 Å². The Kier molecular flexibility index (Phi) is 3.71. The minimum Gasteiger partial charge on any atom is -0.481 e. The second kappa shape index (κ2) is 5.10. The number of carbonyl (C=O) groups excluding carboxylic acids is 1. The van der Waals surface area contributed by atoms with E-state index in [9.17, 15) is 14.7 Å². The first-order chi connectivity index (χ1) is 8.59. The third-order valence-corrected chi connectivity index (χ3v) is 4.41. The summed E-state index contributed by atoms with van der Waals surface area (Å²) in [4.78, 5) is 26.0. The smallest absolute Gasteiger partial charge is 0.311 e. The van der Waals surface area contributed by atoms with Crippen molar-refractivity contribution >= 4 is 23.2 Å². The molecule has 1 aliphatic rings. The van der Waals surface area contributed by atoms with Gasteiger partial charge in [-0.3, -0.25) is 9.59 Å². The molecule has 0 aromatic carbocycles. The number of aliphatic carboxylic acids is 1. The first-order valence-electron chi connectivity index (χ1n) is 6.15. The number of rotatable bonds is 4. The van der Waals surface area contributed by atoms with Gasteiger partial charge in [0.15, 0.2) is 0 Å². The first-order valence-corrected chi connectivity index (χ1v) is 7.03. The van der Waals surface area contributed by atoms with Crippen LogP contribution in [-0.2, 0) is 4.79 Å². The number of carbonyl (C=O) groups is 2. The Morgan fingerprint density at radius 3 is 2.89 bits per heavy atom. The highest BCUT2D eigenvalue weighted by Gasteiger charge is 2.45. The van der Waals surface area contributed by atoms with Crippen molar-refractivity contribution < 1.29 is 14.7 Å². The number of likely N-dealkylation sites (tertiary alicyclic amines) is 1. The highest BCUT2D eigenvalue weighted by molar-refractivity contribution is 7.12. The van der Waals surface area contributed by atoms with Crippen molar-refractivity contribution in [1.29, 1.82) is 0 Å². The predicted octanol–water partition coefficient (Wildman–Crippen LogP) is 2.47. The first kappa shape index (κ1) is 13.1. The Hall–Kier alpha value is -1.36. The van der Waals surface area contributed by atoms with Gasteiger partial charge >= 0.3 is 5.97 Å². The minimum atomic E-state index is -0.772. The molecule has 0 bridgehead atoms. The van der Waals surface area contributed by atoms with Gasteiger partial charge in [0.2, 0.25) is 0 Å². The summed E-state index contributed by atoms with van der Waals surface area (Å²) in [5, 5.41) is 11.3. The Bertz CT molecular complexity index is 443. The third-order valence-electron chi connectivity index (χ3n) is 3.56. The molecule has 1 amide bonds.